The van der Waals surface area contributed by atoms with Crippen LogP contribution in [0.4, 0.5) is 16.2 Å². The SMILES string of the molecule is O=C(O)Nc1cccc(N2CCSC(O)(O)C2)c1. The molecule has 0 atom stereocenters. The summed E-state index contributed by atoms with van der Waals surface area (Å²) in [5, 5.41) is 28.3. The minimum absolute atomic E-state index is 0.0915. The Morgan fingerprint density at radius 2 is 2.22 bits per heavy atom. The van der Waals surface area contributed by atoms with Gasteiger partial charge in [0.1, 0.15) is 0 Å². The molecule has 0 bridgehead atoms. The molecule has 0 saturated carbocycles. The maximum absolute atomic E-state index is 10.6. The van der Waals surface area contributed by atoms with E-state index in [4.69, 9.17) is 5.11 Å². The van der Waals surface area contributed by atoms with Crippen molar-refractivity contribution in [3.63, 3.8) is 0 Å². The zero-order valence-electron chi connectivity index (χ0n) is 9.54. The number of carboxylic acid groups (broad SMARTS) is 1. The molecule has 98 valence electrons. The van der Waals surface area contributed by atoms with Crippen LogP contribution in [0.3, 0.4) is 0 Å². The number of rotatable bonds is 2. The van der Waals surface area contributed by atoms with Crippen molar-refractivity contribution in [2.45, 2.75) is 5.12 Å². The number of β-amino-alcohol motifs (C(OH)–C–C–N with tert-alkyl or cyclic N) is 2. The Morgan fingerprint density at radius 1 is 1.44 bits per heavy atom. The summed E-state index contributed by atoms with van der Waals surface area (Å²) in [6, 6.07) is 6.83. The molecule has 0 spiro atoms. The summed E-state index contributed by atoms with van der Waals surface area (Å²) in [6.45, 7) is 0.776. The predicted molar refractivity (Wildman–Crippen MR) is 69.9 cm³/mol. The summed E-state index contributed by atoms with van der Waals surface area (Å²) in [5.41, 5.74) is 1.22. The standard InChI is InChI=1S/C11H14N2O4S/c14-10(15)12-8-2-1-3-9(6-8)13-4-5-18-11(16,17)7-13/h1-3,6,12,16-17H,4-5,7H2,(H,14,15). The molecule has 1 aliphatic heterocycles. The Hall–Kier alpha value is -1.44. The average molecular weight is 270 g/mol. The molecule has 0 aromatic heterocycles. The van der Waals surface area contributed by atoms with E-state index in [2.05, 4.69) is 5.32 Å². The number of carbonyl (C=O) groups is 1. The Bertz CT molecular complexity index is 452. The third-order valence-corrected chi connectivity index (χ3v) is 3.53. The molecule has 0 unspecified atom stereocenters. The van der Waals surface area contributed by atoms with Crippen molar-refractivity contribution in [3.8, 4) is 0 Å². The van der Waals surface area contributed by atoms with Gasteiger partial charge in [-0.05, 0) is 18.2 Å². The third kappa shape index (κ3) is 3.28. The zero-order chi connectivity index (χ0) is 13.2. The van der Waals surface area contributed by atoms with Gasteiger partial charge in [-0.3, -0.25) is 5.32 Å². The summed E-state index contributed by atoms with van der Waals surface area (Å²) < 4.78 is 0. The number of anilines is 2. The van der Waals surface area contributed by atoms with Gasteiger partial charge in [-0.25, -0.2) is 4.79 Å². The molecule has 4 N–H and O–H groups in total. The molecule has 18 heavy (non-hydrogen) atoms. The first-order valence-electron chi connectivity index (χ1n) is 5.40. The maximum Gasteiger partial charge on any atom is 0.409 e. The highest BCUT2D eigenvalue weighted by molar-refractivity contribution is 8.00. The van der Waals surface area contributed by atoms with Crippen LogP contribution < -0.4 is 10.2 Å². The fourth-order valence-electron chi connectivity index (χ4n) is 1.82. The van der Waals surface area contributed by atoms with Crippen molar-refractivity contribution in [1.82, 2.24) is 0 Å². The largest absolute Gasteiger partial charge is 0.465 e. The first-order chi connectivity index (χ1) is 8.46. The lowest BCUT2D eigenvalue weighted by atomic mass is 10.2. The van der Waals surface area contributed by atoms with Gasteiger partial charge < -0.3 is 20.2 Å². The van der Waals surface area contributed by atoms with Gasteiger partial charge in [-0.1, -0.05) is 17.8 Å². The number of benzene rings is 1. The number of nitrogens with zero attached hydrogens (tertiary/aromatic N) is 1. The van der Waals surface area contributed by atoms with E-state index in [0.29, 0.717) is 18.0 Å². The number of aliphatic hydroxyl groups is 2. The molecule has 1 aliphatic rings. The van der Waals surface area contributed by atoms with Crippen LogP contribution in [0.15, 0.2) is 24.3 Å². The molecule has 1 aromatic rings. The molecule has 1 heterocycles. The van der Waals surface area contributed by atoms with E-state index in [0.717, 1.165) is 17.4 Å². The molecule has 1 fully saturated rings. The average Bonchev–Trinajstić information content (AvgIpc) is 2.27. The fraction of sp³-hybridized carbons (Fsp3) is 0.364. The highest BCUT2D eigenvalue weighted by atomic mass is 32.2. The predicted octanol–water partition coefficient (Wildman–Crippen LogP) is 0.968. The van der Waals surface area contributed by atoms with E-state index in [9.17, 15) is 15.0 Å². The van der Waals surface area contributed by atoms with Gasteiger partial charge in [0.25, 0.3) is 0 Å². The Kier molecular flexibility index (Phi) is 3.65. The van der Waals surface area contributed by atoms with Crippen molar-refractivity contribution in [3.05, 3.63) is 24.3 Å². The minimum atomic E-state index is -1.76. The number of hydrogen-bond donors (Lipinski definition) is 4. The first-order valence-corrected chi connectivity index (χ1v) is 6.38. The third-order valence-electron chi connectivity index (χ3n) is 2.55. The molecule has 1 amide bonds. The lowest BCUT2D eigenvalue weighted by Crippen LogP contribution is -2.46. The molecule has 2 rings (SSSR count). The van der Waals surface area contributed by atoms with Crippen LogP contribution in [0.1, 0.15) is 0 Å². The Labute approximate surface area is 108 Å². The van der Waals surface area contributed by atoms with E-state index in [-0.39, 0.29) is 6.54 Å². The van der Waals surface area contributed by atoms with Gasteiger partial charge in [0.15, 0.2) is 0 Å². The number of amides is 1. The number of hydrogen-bond acceptors (Lipinski definition) is 5. The normalized spacial score (nSPS) is 18.4. The zero-order valence-corrected chi connectivity index (χ0v) is 10.4. The highest BCUT2D eigenvalue weighted by Crippen LogP contribution is 2.29. The van der Waals surface area contributed by atoms with Crippen LogP contribution in [0.25, 0.3) is 0 Å². The van der Waals surface area contributed by atoms with E-state index >= 15 is 0 Å². The second kappa shape index (κ2) is 5.05. The molecule has 0 radical (unpaired) electrons. The van der Waals surface area contributed by atoms with Crippen molar-refractivity contribution >= 4 is 29.2 Å². The monoisotopic (exact) mass is 270 g/mol. The van der Waals surface area contributed by atoms with Gasteiger partial charge in [-0.15, -0.1) is 0 Å². The molecule has 0 aliphatic carbocycles. The van der Waals surface area contributed by atoms with Gasteiger partial charge in [0.2, 0.25) is 5.12 Å². The van der Waals surface area contributed by atoms with Gasteiger partial charge in [0, 0.05) is 23.7 Å². The van der Waals surface area contributed by atoms with E-state index in [1.54, 1.807) is 24.3 Å². The lowest BCUT2D eigenvalue weighted by molar-refractivity contribution is -0.0698. The summed E-state index contributed by atoms with van der Waals surface area (Å²) in [5.74, 6) is 0.601. The summed E-state index contributed by atoms with van der Waals surface area (Å²) in [7, 11) is 0. The van der Waals surface area contributed by atoms with Gasteiger partial charge in [0.05, 0.1) is 6.54 Å². The summed E-state index contributed by atoms with van der Waals surface area (Å²) in [6.07, 6.45) is -1.12. The van der Waals surface area contributed by atoms with Gasteiger partial charge >= 0.3 is 6.09 Å². The van der Waals surface area contributed by atoms with Crippen LogP contribution in [-0.4, -0.2) is 45.4 Å². The number of thioether (sulfide) groups is 1. The smallest absolute Gasteiger partial charge is 0.409 e. The van der Waals surface area contributed by atoms with Gasteiger partial charge in [-0.2, -0.15) is 0 Å². The van der Waals surface area contributed by atoms with Crippen LogP contribution in [-0.2, 0) is 0 Å². The molecule has 1 saturated heterocycles. The van der Waals surface area contributed by atoms with Crippen LogP contribution in [0.5, 0.6) is 0 Å². The number of nitrogens with one attached hydrogen (secondary N) is 1. The van der Waals surface area contributed by atoms with Crippen LogP contribution in [0, 0.1) is 0 Å². The molecular formula is C11H14N2O4S. The molecule has 7 heteroatoms. The van der Waals surface area contributed by atoms with Crippen LogP contribution >= 0.6 is 11.8 Å². The molecule has 6 nitrogen and oxygen atoms in total. The Balaban J connectivity index is 2.15. The fourth-order valence-corrected chi connectivity index (χ4v) is 2.70. The summed E-state index contributed by atoms with van der Waals surface area (Å²) in [4.78, 5) is 12.4. The van der Waals surface area contributed by atoms with Crippen molar-refractivity contribution in [1.29, 1.82) is 0 Å². The second-order valence-corrected chi connectivity index (χ2v) is 5.34. The highest BCUT2D eigenvalue weighted by Gasteiger charge is 2.31. The van der Waals surface area contributed by atoms with Crippen LogP contribution in [0.2, 0.25) is 0 Å². The molecular weight excluding hydrogens is 256 g/mol. The molecule has 1 aromatic carbocycles. The van der Waals surface area contributed by atoms with E-state index < -0.39 is 11.2 Å². The van der Waals surface area contributed by atoms with E-state index in [1.165, 1.54) is 0 Å². The Morgan fingerprint density at radius 3 is 2.89 bits per heavy atom. The minimum Gasteiger partial charge on any atom is -0.465 e. The quantitative estimate of drug-likeness (QED) is 0.598. The first kappa shape index (κ1) is 13.0. The van der Waals surface area contributed by atoms with Crippen molar-refractivity contribution in [2.24, 2.45) is 0 Å². The topological polar surface area (TPSA) is 93.0 Å². The van der Waals surface area contributed by atoms with E-state index in [1.807, 2.05) is 4.90 Å². The van der Waals surface area contributed by atoms with Crippen molar-refractivity contribution < 1.29 is 20.1 Å². The van der Waals surface area contributed by atoms with Crippen molar-refractivity contribution in [2.75, 3.05) is 29.1 Å². The summed E-state index contributed by atoms with van der Waals surface area (Å²) >= 11 is 1.09. The maximum atomic E-state index is 10.6. The lowest BCUT2D eigenvalue weighted by Gasteiger charge is -2.36. The second-order valence-electron chi connectivity index (χ2n) is 3.99.